The van der Waals surface area contributed by atoms with Crippen molar-refractivity contribution in [2.75, 3.05) is 11.5 Å². The minimum atomic E-state index is -0.993. The SMILES string of the molecule is C=C(c1ccccn1)c1cc(Br)c(Br)cc1N(C(=C)[C@@H](CCC)CCC(=O)OCCC(=O)O)/C(C)=C\C(C)CC. The normalized spacial score (nSPS) is 12.9. The molecule has 1 aromatic heterocycles. The van der Waals surface area contributed by atoms with Crippen LogP contribution >= 0.6 is 31.9 Å². The third kappa shape index (κ3) is 9.73. The molecule has 0 saturated heterocycles. The van der Waals surface area contributed by atoms with Gasteiger partial charge < -0.3 is 14.7 Å². The zero-order chi connectivity index (χ0) is 29.8. The van der Waals surface area contributed by atoms with Crippen molar-refractivity contribution < 1.29 is 19.4 Å². The van der Waals surface area contributed by atoms with Crippen LogP contribution in [0.5, 0.6) is 0 Å². The van der Waals surface area contributed by atoms with Crippen LogP contribution in [-0.4, -0.2) is 28.6 Å². The number of aromatic nitrogens is 1. The first-order valence-electron chi connectivity index (χ1n) is 13.6. The number of pyridine rings is 1. The third-order valence-corrected chi connectivity index (χ3v) is 8.62. The summed E-state index contributed by atoms with van der Waals surface area (Å²) in [5.41, 5.74) is 5.30. The average molecular weight is 676 g/mol. The maximum absolute atomic E-state index is 12.4. The lowest BCUT2D eigenvalue weighted by Gasteiger charge is -2.35. The molecule has 0 spiro atoms. The number of hydrogen-bond donors (Lipinski definition) is 1. The summed E-state index contributed by atoms with van der Waals surface area (Å²) in [6.45, 7) is 17.4. The maximum Gasteiger partial charge on any atom is 0.306 e. The Bertz CT molecular complexity index is 1230. The van der Waals surface area contributed by atoms with Gasteiger partial charge in [-0.05, 0) is 87.7 Å². The molecule has 0 radical (unpaired) electrons. The summed E-state index contributed by atoms with van der Waals surface area (Å²) in [5, 5.41) is 8.83. The van der Waals surface area contributed by atoms with Gasteiger partial charge in [0.05, 0.1) is 17.8 Å². The van der Waals surface area contributed by atoms with E-state index < -0.39 is 11.9 Å². The average Bonchev–Trinajstić information content (AvgIpc) is 2.92. The summed E-state index contributed by atoms with van der Waals surface area (Å²) in [7, 11) is 0. The van der Waals surface area contributed by atoms with Gasteiger partial charge in [0.2, 0.25) is 0 Å². The number of nitrogens with zero attached hydrogens (tertiary/aromatic N) is 2. The second-order valence-corrected chi connectivity index (χ2v) is 11.6. The van der Waals surface area contributed by atoms with Crippen LogP contribution in [0.15, 0.2) is 76.1 Å². The number of hydrogen-bond acceptors (Lipinski definition) is 5. The van der Waals surface area contributed by atoms with Crippen LogP contribution in [0.3, 0.4) is 0 Å². The molecule has 0 aliphatic heterocycles. The summed E-state index contributed by atoms with van der Waals surface area (Å²) >= 11 is 7.37. The van der Waals surface area contributed by atoms with E-state index in [0.29, 0.717) is 12.3 Å². The van der Waals surface area contributed by atoms with E-state index in [0.717, 1.165) is 62.1 Å². The number of carboxylic acids is 1. The molecule has 0 aliphatic carbocycles. The van der Waals surface area contributed by atoms with Crippen molar-refractivity contribution in [2.45, 2.75) is 66.2 Å². The number of aliphatic carboxylic acids is 1. The fourth-order valence-electron chi connectivity index (χ4n) is 4.44. The highest BCUT2D eigenvalue weighted by molar-refractivity contribution is 9.13. The number of carboxylic acid groups (broad SMARTS) is 1. The van der Waals surface area contributed by atoms with Crippen molar-refractivity contribution in [3.63, 3.8) is 0 Å². The van der Waals surface area contributed by atoms with E-state index in [9.17, 15) is 9.59 Å². The van der Waals surface area contributed by atoms with E-state index >= 15 is 0 Å². The summed E-state index contributed by atoms with van der Waals surface area (Å²) < 4.78 is 6.93. The number of rotatable bonds is 16. The number of esters is 1. The first-order valence-corrected chi connectivity index (χ1v) is 15.2. The van der Waals surface area contributed by atoms with Crippen molar-refractivity contribution in [3.05, 3.63) is 87.4 Å². The van der Waals surface area contributed by atoms with E-state index in [-0.39, 0.29) is 25.4 Å². The van der Waals surface area contributed by atoms with E-state index in [2.05, 4.69) is 94.7 Å². The molecule has 0 saturated carbocycles. The second-order valence-electron chi connectivity index (χ2n) is 9.89. The summed E-state index contributed by atoms with van der Waals surface area (Å²) in [6.07, 6.45) is 7.27. The van der Waals surface area contributed by atoms with Gasteiger partial charge in [0.1, 0.15) is 6.61 Å². The highest BCUT2D eigenvalue weighted by atomic mass is 79.9. The predicted octanol–water partition coefficient (Wildman–Crippen LogP) is 9.15. The first kappa shape index (κ1) is 33.5. The topological polar surface area (TPSA) is 79.7 Å². The Morgan fingerprint density at radius 1 is 1.12 bits per heavy atom. The van der Waals surface area contributed by atoms with Crippen molar-refractivity contribution in [1.29, 1.82) is 0 Å². The van der Waals surface area contributed by atoms with Gasteiger partial charge >= 0.3 is 11.9 Å². The molecule has 0 amide bonds. The zero-order valence-corrected chi connectivity index (χ0v) is 27.1. The molecule has 2 atom stereocenters. The van der Waals surface area contributed by atoms with Crippen molar-refractivity contribution in [3.8, 4) is 0 Å². The van der Waals surface area contributed by atoms with Crippen molar-refractivity contribution in [2.24, 2.45) is 11.8 Å². The Labute approximate surface area is 255 Å². The van der Waals surface area contributed by atoms with Gasteiger partial charge in [0.25, 0.3) is 0 Å². The van der Waals surface area contributed by atoms with Crippen LogP contribution in [0.2, 0.25) is 0 Å². The lowest BCUT2D eigenvalue weighted by atomic mass is 9.92. The molecule has 8 heteroatoms. The molecule has 0 fully saturated rings. The van der Waals surface area contributed by atoms with Crippen LogP contribution < -0.4 is 4.90 Å². The fourth-order valence-corrected chi connectivity index (χ4v) is 5.12. The minimum absolute atomic E-state index is 0.00399. The largest absolute Gasteiger partial charge is 0.481 e. The van der Waals surface area contributed by atoms with Gasteiger partial charge in [-0.2, -0.15) is 0 Å². The molecule has 1 N–H and O–H groups in total. The van der Waals surface area contributed by atoms with Crippen LogP contribution in [0, 0.1) is 11.8 Å². The van der Waals surface area contributed by atoms with Crippen LogP contribution in [0.1, 0.15) is 77.5 Å². The standard InChI is InChI=1S/C32H40Br2N2O4/c1-7-11-25(13-14-32(39)40-17-15-31(37)38)24(6)36(22(4)18-21(3)8-2)30-20-28(34)27(33)19-26(30)23(5)29-12-9-10-16-35-29/h9-10,12,16,18-21,25H,5-8,11,13-15,17H2,1-4H3,(H,37,38)/b22-18-/t21?,25-/m0/s1. The minimum Gasteiger partial charge on any atom is -0.481 e. The summed E-state index contributed by atoms with van der Waals surface area (Å²) in [6, 6.07) is 9.87. The lowest BCUT2D eigenvalue weighted by Crippen LogP contribution is -2.27. The number of carbonyl (C=O) groups excluding carboxylic acids is 1. The van der Waals surface area contributed by atoms with Gasteiger partial charge in [0, 0.05) is 44.1 Å². The quantitative estimate of drug-likeness (QED) is 0.179. The zero-order valence-electron chi connectivity index (χ0n) is 23.9. The highest BCUT2D eigenvalue weighted by Crippen LogP contribution is 2.41. The Hall–Kier alpha value is -2.71. The van der Waals surface area contributed by atoms with E-state index in [1.165, 1.54) is 0 Å². The van der Waals surface area contributed by atoms with E-state index in [1.807, 2.05) is 24.3 Å². The number of ether oxygens (including phenoxy) is 1. The number of allylic oxidation sites excluding steroid dienone is 3. The maximum atomic E-state index is 12.4. The van der Waals surface area contributed by atoms with E-state index in [1.54, 1.807) is 6.20 Å². The Kier molecular flexibility index (Phi) is 13.8. The molecular formula is C32H40Br2N2O4. The molecular weight excluding hydrogens is 636 g/mol. The van der Waals surface area contributed by atoms with Gasteiger partial charge in [0.15, 0.2) is 0 Å². The van der Waals surface area contributed by atoms with Gasteiger partial charge in [-0.1, -0.05) is 58.9 Å². The second kappa shape index (κ2) is 16.5. The number of halogens is 2. The molecule has 1 heterocycles. The van der Waals surface area contributed by atoms with Gasteiger partial charge in [-0.15, -0.1) is 0 Å². The van der Waals surface area contributed by atoms with E-state index in [4.69, 9.17) is 9.84 Å². The molecule has 0 aliphatic rings. The first-order chi connectivity index (χ1) is 19.0. The number of benzene rings is 1. The molecule has 6 nitrogen and oxygen atoms in total. The van der Waals surface area contributed by atoms with Crippen molar-refractivity contribution >= 4 is 55.1 Å². The monoisotopic (exact) mass is 674 g/mol. The Morgan fingerprint density at radius 3 is 2.42 bits per heavy atom. The van der Waals surface area contributed by atoms with Gasteiger partial charge in [-0.25, -0.2) is 0 Å². The Balaban J connectivity index is 2.55. The smallest absolute Gasteiger partial charge is 0.306 e. The lowest BCUT2D eigenvalue weighted by molar-refractivity contribution is -0.146. The molecule has 1 aromatic carbocycles. The fraction of sp³-hybridized carbons (Fsp3) is 0.406. The molecule has 1 unspecified atom stereocenters. The van der Waals surface area contributed by atoms with Crippen LogP contribution in [0.4, 0.5) is 5.69 Å². The highest BCUT2D eigenvalue weighted by Gasteiger charge is 2.26. The summed E-state index contributed by atoms with van der Waals surface area (Å²) in [5.74, 6) is -1.04. The third-order valence-electron chi connectivity index (χ3n) is 6.77. The Morgan fingerprint density at radius 2 is 1.82 bits per heavy atom. The van der Waals surface area contributed by atoms with Crippen molar-refractivity contribution in [1.82, 2.24) is 4.98 Å². The molecule has 40 heavy (non-hydrogen) atoms. The van der Waals surface area contributed by atoms with Crippen LogP contribution in [0.25, 0.3) is 5.57 Å². The molecule has 0 bridgehead atoms. The molecule has 2 rings (SSSR count). The predicted molar refractivity (Wildman–Crippen MR) is 170 cm³/mol. The number of anilines is 1. The van der Waals surface area contributed by atoms with Gasteiger partial charge in [-0.3, -0.25) is 14.6 Å². The molecule has 2 aromatic rings. The number of carbonyl (C=O) groups is 2. The van der Waals surface area contributed by atoms with Crippen LogP contribution in [-0.2, 0) is 14.3 Å². The summed E-state index contributed by atoms with van der Waals surface area (Å²) in [4.78, 5) is 29.9. The molecule has 216 valence electrons.